The topological polar surface area (TPSA) is 80.2 Å². The van der Waals surface area contributed by atoms with Gasteiger partial charge in [0.25, 0.3) is 5.91 Å². The van der Waals surface area contributed by atoms with Crippen LogP contribution in [0.1, 0.15) is 29.0 Å². The lowest BCUT2D eigenvalue weighted by molar-refractivity contribution is 0.0931. The highest BCUT2D eigenvalue weighted by molar-refractivity contribution is 7.89. The molecule has 0 saturated carbocycles. The minimum atomic E-state index is -3.63. The van der Waals surface area contributed by atoms with Crippen molar-refractivity contribution < 1.29 is 17.6 Å². The van der Waals surface area contributed by atoms with Gasteiger partial charge in [0, 0.05) is 18.8 Å². The summed E-state index contributed by atoms with van der Waals surface area (Å²) in [5.74, 6) is -0.897. The van der Waals surface area contributed by atoms with Crippen molar-refractivity contribution in [3.63, 3.8) is 0 Å². The Hall–Kier alpha value is -2.19. The molecular weight excluding hydrogens is 321 g/mol. The number of hydrogen-bond donors (Lipinski definition) is 2. The number of halogens is 1. The third-order valence-electron chi connectivity index (χ3n) is 3.51. The van der Waals surface area contributed by atoms with Crippen molar-refractivity contribution in [3.8, 4) is 0 Å². The van der Waals surface area contributed by atoms with Crippen LogP contribution in [0.2, 0.25) is 0 Å². The van der Waals surface area contributed by atoms with E-state index in [4.69, 9.17) is 0 Å². The zero-order chi connectivity index (χ0) is 17.2. The van der Waals surface area contributed by atoms with E-state index in [0.717, 1.165) is 0 Å². The summed E-state index contributed by atoms with van der Waals surface area (Å²) in [7, 11) is -0.771. The fraction of sp³-hybridized carbons (Fsp3) is 0.267. The number of amides is 1. The molecule has 0 bridgehead atoms. The molecule has 0 spiro atoms. The molecule has 124 valence electrons. The van der Waals surface area contributed by atoms with Gasteiger partial charge in [0.05, 0.1) is 6.04 Å². The summed E-state index contributed by atoms with van der Waals surface area (Å²) in [5, 5.41) is 2.66. The van der Waals surface area contributed by atoms with Gasteiger partial charge in [-0.3, -0.25) is 4.79 Å². The van der Waals surface area contributed by atoms with Crippen LogP contribution in [0.5, 0.6) is 0 Å². The first-order valence-electron chi connectivity index (χ1n) is 6.91. The van der Waals surface area contributed by atoms with Crippen LogP contribution in [-0.4, -0.2) is 25.9 Å². The number of nitrogens with zero attached hydrogens (tertiary/aromatic N) is 1. The number of carbonyl (C=O) groups excluding carboxylic acids is 1. The van der Waals surface area contributed by atoms with Crippen LogP contribution in [0.25, 0.3) is 0 Å². The summed E-state index contributed by atoms with van der Waals surface area (Å²) in [5.41, 5.74) is 0.528. The molecular formula is C15H18FN3O3S. The molecule has 1 aromatic heterocycles. The lowest BCUT2D eigenvalue weighted by Crippen LogP contribution is -2.28. The van der Waals surface area contributed by atoms with E-state index in [2.05, 4.69) is 10.0 Å². The van der Waals surface area contributed by atoms with E-state index >= 15 is 0 Å². The lowest BCUT2D eigenvalue weighted by atomic mass is 10.1. The van der Waals surface area contributed by atoms with E-state index in [1.165, 1.54) is 29.9 Å². The van der Waals surface area contributed by atoms with Crippen molar-refractivity contribution in [2.24, 2.45) is 7.05 Å². The maximum atomic E-state index is 13.7. The Balaban J connectivity index is 2.23. The van der Waals surface area contributed by atoms with Crippen molar-refractivity contribution in [2.45, 2.75) is 17.9 Å². The summed E-state index contributed by atoms with van der Waals surface area (Å²) in [6.07, 6.45) is 1.34. The number of sulfonamides is 1. The van der Waals surface area contributed by atoms with Crippen LogP contribution >= 0.6 is 0 Å². The molecule has 1 aromatic carbocycles. The van der Waals surface area contributed by atoms with Gasteiger partial charge in [0.1, 0.15) is 16.4 Å². The summed E-state index contributed by atoms with van der Waals surface area (Å²) in [6.45, 7) is 1.66. The molecule has 0 unspecified atom stereocenters. The molecule has 8 heteroatoms. The molecule has 0 aliphatic rings. The molecule has 0 aliphatic carbocycles. The first kappa shape index (κ1) is 17.2. The molecule has 23 heavy (non-hydrogen) atoms. The van der Waals surface area contributed by atoms with Gasteiger partial charge in [0.2, 0.25) is 10.0 Å². The van der Waals surface area contributed by atoms with E-state index < -0.39 is 27.8 Å². The van der Waals surface area contributed by atoms with E-state index in [1.54, 1.807) is 32.2 Å². The Labute approximate surface area is 134 Å². The third kappa shape index (κ3) is 3.59. The number of hydrogen-bond acceptors (Lipinski definition) is 3. The maximum absolute atomic E-state index is 13.7. The van der Waals surface area contributed by atoms with Gasteiger partial charge in [-0.15, -0.1) is 0 Å². The fourth-order valence-electron chi connectivity index (χ4n) is 2.20. The number of rotatable bonds is 5. The molecule has 1 atom stereocenters. The molecule has 0 aliphatic heterocycles. The van der Waals surface area contributed by atoms with Gasteiger partial charge < -0.3 is 9.88 Å². The Morgan fingerprint density at radius 1 is 1.30 bits per heavy atom. The van der Waals surface area contributed by atoms with Crippen LogP contribution in [-0.2, 0) is 17.1 Å². The second-order valence-electron chi connectivity index (χ2n) is 5.10. The number of benzene rings is 1. The minimum Gasteiger partial charge on any atom is -0.345 e. The van der Waals surface area contributed by atoms with Gasteiger partial charge in [-0.25, -0.2) is 17.5 Å². The summed E-state index contributed by atoms with van der Waals surface area (Å²) < 4.78 is 40.9. The lowest BCUT2D eigenvalue weighted by Gasteiger charge is -2.15. The highest BCUT2D eigenvalue weighted by Gasteiger charge is 2.21. The zero-order valence-corrected chi connectivity index (χ0v) is 13.8. The van der Waals surface area contributed by atoms with Crippen LogP contribution in [0, 0.1) is 5.82 Å². The predicted octanol–water partition coefficient (Wildman–Crippen LogP) is 1.56. The average Bonchev–Trinajstić information content (AvgIpc) is 2.90. The van der Waals surface area contributed by atoms with E-state index in [0.29, 0.717) is 5.56 Å². The number of carbonyl (C=O) groups is 1. The molecule has 2 aromatic rings. The number of aryl methyl sites for hydroxylation is 1. The first-order chi connectivity index (χ1) is 10.8. The van der Waals surface area contributed by atoms with Crippen LogP contribution < -0.4 is 10.0 Å². The SMILES string of the molecule is CNS(=O)(=O)c1cc(C(=O)N[C@H](C)c2ccccc2F)n(C)c1. The quantitative estimate of drug-likeness (QED) is 0.868. The van der Waals surface area contributed by atoms with Crippen molar-refractivity contribution in [2.75, 3.05) is 7.05 Å². The Kier molecular flexibility index (Phi) is 4.86. The molecule has 1 heterocycles. The standard InChI is InChI=1S/C15H18FN3O3S/c1-10(12-6-4-5-7-13(12)16)18-15(20)14-8-11(9-19(14)3)23(21,22)17-2/h4-10,17H,1-3H3,(H,18,20)/t10-/m1/s1. The normalized spacial score (nSPS) is 12.9. The molecule has 6 nitrogen and oxygen atoms in total. The van der Waals surface area contributed by atoms with Crippen molar-refractivity contribution in [3.05, 3.63) is 53.6 Å². The van der Waals surface area contributed by atoms with E-state index in [-0.39, 0.29) is 10.6 Å². The smallest absolute Gasteiger partial charge is 0.268 e. The van der Waals surface area contributed by atoms with Crippen molar-refractivity contribution >= 4 is 15.9 Å². The van der Waals surface area contributed by atoms with Gasteiger partial charge in [-0.05, 0) is 26.1 Å². The highest BCUT2D eigenvalue weighted by Crippen LogP contribution is 2.18. The van der Waals surface area contributed by atoms with E-state index in [9.17, 15) is 17.6 Å². The van der Waals surface area contributed by atoms with Gasteiger partial charge in [0.15, 0.2) is 0 Å². The summed E-state index contributed by atoms with van der Waals surface area (Å²) >= 11 is 0. The summed E-state index contributed by atoms with van der Waals surface area (Å²) in [4.78, 5) is 12.3. The Morgan fingerprint density at radius 3 is 2.57 bits per heavy atom. The van der Waals surface area contributed by atoms with E-state index in [1.807, 2.05) is 0 Å². The van der Waals surface area contributed by atoms with Crippen molar-refractivity contribution in [1.29, 1.82) is 0 Å². The second-order valence-corrected chi connectivity index (χ2v) is 6.98. The van der Waals surface area contributed by atoms with Gasteiger partial charge in [-0.1, -0.05) is 18.2 Å². The molecule has 2 rings (SSSR count). The Morgan fingerprint density at radius 2 is 1.96 bits per heavy atom. The van der Waals surface area contributed by atoms with Crippen LogP contribution in [0.3, 0.4) is 0 Å². The molecule has 0 fully saturated rings. The average molecular weight is 339 g/mol. The van der Waals surface area contributed by atoms with Crippen molar-refractivity contribution in [1.82, 2.24) is 14.6 Å². The maximum Gasteiger partial charge on any atom is 0.268 e. The second kappa shape index (κ2) is 6.51. The highest BCUT2D eigenvalue weighted by atomic mass is 32.2. The third-order valence-corrected chi connectivity index (χ3v) is 4.89. The van der Waals surface area contributed by atoms with Gasteiger partial charge in [-0.2, -0.15) is 0 Å². The predicted molar refractivity (Wildman–Crippen MR) is 83.9 cm³/mol. The van der Waals surface area contributed by atoms with Gasteiger partial charge >= 0.3 is 0 Å². The minimum absolute atomic E-state index is 0.00815. The Bertz CT molecular complexity index is 830. The summed E-state index contributed by atoms with van der Waals surface area (Å²) in [6, 6.07) is 6.87. The van der Waals surface area contributed by atoms with Crippen LogP contribution in [0.15, 0.2) is 41.4 Å². The number of aromatic nitrogens is 1. The molecule has 0 radical (unpaired) electrons. The zero-order valence-electron chi connectivity index (χ0n) is 13.0. The monoisotopic (exact) mass is 339 g/mol. The molecule has 0 saturated heterocycles. The number of nitrogens with one attached hydrogen (secondary N) is 2. The van der Waals surface area contributed by atoms with Crippen LogP contribution in [0.4, 0.5) is 4.39 Å². The first-order valence-corrected chi connectivity index (χ1v) is 8.39. The fourth-order valence-corrected chi connectivity index (χ4v) is 3.00. The molecule has 2 N–H and O–H groups in total. The molecule has 1 amide bonds. The largest absolute Gasteiger partial charge is 0.345 e.